The number of thioether (sulfide) groups is 1. The lowest BCUT2D eigenvalue weighted by molar-refractivity contribution is 0.490. The molecule has 0 saturated heterocycles. The topological polar surface area (TPSA) is 53.6 Å². The molecule has 1 aromatic rings. The van der Waals surface area contributed by atoms with Crippen LogP contribution in [0.3, 0.4) is 0 Å². The van der Waals surface area contributed by atoms with E-state index in [4.69, 9.17) is 0 Å². The van der Waals surface area contributed by atoms with E-state index in [9.17, 15) is 5.26 Å². The summed E-state index contributed by atoms with van der Waals surface area (Å²) in [6.07, 6.45) is 6.09. The minimum Gasteiger partial charge on any atom is -0.329 e. The Morgan fingerprint density at radius 2 is 2.50 bits per heavy atom. The van der Waals surface area contributed by atoms with Gasteiger partial charge in [-0.15, -0.1) is 0 Å². The molecule has 86 valence electrons. The fraction of sp³-hybridized carbons (Fsp3) is 0.636. The first-order valence-electron chi connectivity index (χ1n) is 5.42. The lowest BCUT2D eigenvalue weighted by Gasteiger charge is -2.22. The smallest absolute Gasteiger partial charge is 0.167 e. The average Bonchev–Trinajstić information content (AvgIpc) is 2.97. The van der Waals surface area contributed by atoms with Crippen molar-refractivity contribution in [2.24, 2.45) is 7.05 Å². The van der Waals surface area contributed by atoms with Crippen LogP contribution in [0, 0.1) is 11.3 Å². The van der Waals surface area contributed by atoms with E-state index in [1.54, 1.807) is 18.0 Å². The fourth-order valence-electron chi connectivity index (χ4n) is 1.48. The number of rotatable bonds is 5. The number of aromatic nitrogens is 2. The molecule has 1 aromatic heterocycles. The van der Waals surface area contributed by atoms with Gasteiger partial charge in [-0.1, -0.05) is 11.8 Å². The van der Waals surface area contributed by atoms with Gasteiger partial charge in [0.05, 0.1) is 6.07 Å². The van der Waals surface area contributed by atoms with Crippen LogP contribution in [-0.2, 0) is 7.05 Å². The van der Waals surface area contributed by atoms with E-state index in [2.05, 4.69) is 16.4 Å². The van der Waals surface area contributed by atoms with Crippen LogP contribution in [0.15, 0.2) is 17.6 Å². The molecular weight excluding hydrogens is 220 g/mol. The van der Waals surface area contributed by atoms with Crippen LogP contribution >= 0.6 is 11.8 Å². The SMILES string of the molecule is Cn1ccnc1SCC(C)(C#N)NC1CC1. The van der Waals surface area contributed by atoms with Gasteiger partial charge in [-0.25, -0.2) is 4.98 Å². The first kappa shape index (κ1) is 11.5. The van der Waals surface area contributed by atoms with E-state index < -0.39 is 5.54 Å². The molecule has 1 atom stereocenters. The summed E-state index contributed by atoms with van der Waals surface area (Å²) in [6, 6.07) is 2.91. The van der Waals surface area contributed by atoms with Gasteiger partial charge in [0.15, 0.2) is 5.16 Å². The Balaban J connectivity index is 1.92. The lowest BCUT2D eigenvalue weighted by Crippen LogP contribution is -2.44. The van der Waals surface area contributed by atoms with Crippen LogP contribution in [0.25, 0.3) is 0 Å². The zero-order valence-electron chi connectivity index (χ0n) is 9.60. The summed E-state index contributed by atoms with van der Waals surface area (Å²) in [5.74, 6) is 0.727. The zero-order chi connectivity index (χ0) is 11.6. The van der Waals surface area contributed by atoms with E-state index in [1.807, 2.05) is 24.7 Å². The maximum Gasteiger partial charge on any atom is 0.167 e. The first-order valence-corrected chi connectivity index (χ1v) is 6.40. The lowest BCUT2D eigenvalue weighted by atomic mass is 10.1. The Morgan fingerprint density at radius 3 is 3.00 bits per heavy atom. The van der Waals surface area contributed by atoms with Crippen molar-refractivity contribution in [2.45, 2.75) is 36.5 Å². The quantitative estimate of drug-likeness (QED) is 0.788. The molecule has 0 aromatic carbocycles. The Hall–Kier alpha value is -0.990. The van der Waals surface area contributed by atoms with E-state index in [-0.39, 0.29) is 0 Å². The number of hydrogen-bond donors (Lipinski definition) is 1. The number of nitrogens with zero attached hydrogens (tertiary/aromatic N) is 3. The summed E-state index contributed by atoms with van der Waals surface area (Å²) in [6.45, 7) is 1.96. The third kappa shape index (κ3) is 2.77. The van der Waals surface area contributed by atoms with Crippen LogP contribution < -0.4 is 5.32 Å². The van der Waals surface area contributed by atoms with Gasteiger partial charge in [-0.05, 0) is 19.8 Å². The normalized spacial score (nSPS) is 19.1. The minimum atomic E-state index is -0.447. The molecule has 2 rings (SSSR count). The van der Waals surface area contributed by atoms with Gasteiger partial charge in [-0.2, -0.15) is 5.26 Å². The molecule has 5 heteroatoms. The van der Waals surface area contributed by atoms with E-state index in [0.29, 0.717) is 6.04 Å². The first-order chi connectivity index (χ1) is 7.63. The molecule has 1 unspecified atom stereocenters. The Kier molecular flexibility index (Phi) is 3.22. The summed E-state index contributed by atoms with van der Waals surface area (Å²) in [5.41, 5.74) is -0.447. The number of hydrogen-bond acceptors (Lipinski definition) is 4. The maximum atomic E-state index is 9.21. The molecular formula is C11H16N4S. The van der Waals surface area contributed by atoms with Crippen molar-refractivity contribution in [3.8, 4) is 6.07 Å². The van der Waals surface area contributed by atoms with Crippen molar-refractivity contribution in [3.63, 3.8) is 0 Å². The molecule has 0 aliphatic heterocycles. The Morgan fingerprint density at radius 1 is 1.75 bits per heavy atom. The van der Waals surface area contributed by atoms with Crippen LogP contribution in [0.5, 0.6) is 0 Å². The third-order valence-corrected chi connectivity index (χ3v) is 3.99. The highest BCUT2D eigenvalue weighted by Crippen LogP contribution is 2.26. The second kappa shape index (κ2) is 4.48. The molecule has 1 aliphatic carbocycles. The molecule has 1 N–H and O–H groups in total. The van der Waals surface area contributed by atoms with Crippen LogP contribution in [0.4, 0.5) is 0 Å². The summed E-state index contributed by atoms with van der Waals surface area (Å²) in [7, 11) is 1.97. The fourth-order valence-corrected chi connectivity index (χ4v) is 2.45. The number of imidazole rings is 1. The standard InChI is InChI=1S/C11H16N4S/c1-11(7-12,14-9-3-4-9)8-16-10-13-5-6-15(10)2/h5-6,9,14H,3-4,8H2,1-2H3. The second-order valence-corrected chi connectivity index (χ2v) is 5.41. The minimum absolute atomic E-state index is 0.447. The second-order valence-electron chi connectivity index (χ2n) is 4.47. The Labute approximate surface area is 100 Å². The molecule has 1 heterocycles. The number of nitrogens with one attached hydrogen (secondary N) is 1. The molecule has 1 fully saturated rings. The molecule has 1 aliphatic rings. The maximum absolute atomic E-state index is 9.21. The van der Waals surface area contributed by atoms with Crippen molar-refractivity contribution < 1.29 is 0 Å². The van der Waals surface area contributed by atoms with Crippen LogP contribution in [0.1, 0.15) is 19.8 Å². The van der Waals surface area contributed by atoms with Gasteiger partial charge < -0.3 is 4.57 Å². The molecule has 0 amide bonds. The van der Waals surface area contributed by atoms with Gasteiger partial charge in [0.2, 0.25) is 0 Å². The molecule has 0 bridgehead atoms. The number of nitriles is 1. The van der Waals surface area contributed by atoms with Gasteiger partial charge in [-0.3, -0.25) is 5.32 Å². The van der Waals surface area contributed by atoms with Gasteiger partial charge in [0, 0.05) is 31.2 Å². The third-order valence-electron chi connectivity index (χ3n) is 2.61. The van der Waals surface area contributed by atoms with Crippen molar-refractivity contribution in [3.05, 3.63) is 12.4 Å². The van der Waals surface area contributed by atoms with Crippen molar-refractivity contribution in [1.29, 1.82) is 5.26 Å². The molecule has 16 heavy (non-hydrogen) atoms. The van der Waals surface area contributed by atoms with Crippen molar-refractivity contribution in [2.75, 3.05) is 5.75 Å². The molecule has 0 radical (unpaired) electrons. The van der Waals surface area contributed by atoms with E-state index >= 15 is 0 Å². The summed E-state index contributed by atoms with van der Waals surface area (Å²) < 4.78 is 1.97. The number of aryl methyl sites for hydroxylation is 1. The van der Waals surface area contributed by atoms with E-state index in [1.165, 1.54) is 12.8 Å². The molecule has 1 saturated carbocycles. The monoisotopic (exact) mass is 236 g/mol. The molecule has 4 nitrogen and oxygen atoms in total. The van der Waals surface area contributed by atoms with Gasteiger partial charge in [0.25, 0.3) is 0 Å². The summed E-state index contributed by atoms with van der Waals surface area (Å²) in [4.78, 5) is 4.24. The van der Waals surface area contributed by atoms with Crippen molar-refractivity contribution in [1.82, 2.24) is 14.9 Å². The highest BCUT2D eigenvalue weighted by molar-refractivity contribution is 7.99. The van der Waals surface area contributed by atoms with Crippen molar-refractivity contribution >= 4 is 11.8 Å². The average molecular weight is 236 g/mol. The van der Waals surface area contributed by atoms with Crippen LogP contribution in [0.2, 0.25) is 0 Å². The predicted octanol–water partition coefficient (Wildman–Crippen LogP) is 1.55. The molecule has 0 spiro atoms. The highest BCUT2D eigenvalue weighted by atomic mass is 32.2. The largest absolute Gasteiger partial charge is 0.329 e. The summed E-state index contributed by atoms with van der Waals surface area (Å²) in [5, 5.41) is 13.5. The van der Waals surface area contributed by atoms with Crippen LogP contribution in [-0.4, -0.2) is 26.9 Å². The zero-order valence-corrected chi connectivity index (χ0v) is 10.4. The van der Waals surface area contributed by atoms with Gasteiger partial charge in [0.1, 0.15) is 5.54 Å². The van der Waals surface area contributed by atoms with Gasteiger partial charge >= 0.3 is 0 Å². The Bertz CT molecular complexity index is 404. The highest BCUT2D eigenvalue weighted by Gasteiger charge is 2.32. The predicted molar refractivity (Wildman–Crippen MR) is 64.1 cm³/mol. The van der Waals surface area contributed by atoms with E-state index in [0.717, 1.165) is 10.9 Å². The summed E-state index contributed by atoms with van der Waals surface area (Å²) >= 11 is 1.62.